The molecule has 32 heavy (non-hydrogen) atoms. The lowest BCUT2D eigenvalue weighted by Gasteiger charge is -2.26. The normalized spacial score (nSPS) is 14.7. The Morgan fingerprint density at radius 2 is 1.94 bits per heavy atom. The van der Waals surface area contributed by atoms with Crippen molar-refractivity contribution in [3.05, 3.63) is 28.6 Å². The second-order valence-electron chi connectivity index (χ2n) is 7.35. The van der Waals surface area contributed by atoms with E-state index in [0.29, 0.717) is 35.9 Å². The van der Waals surface area contributed by atoms with Gasteiger partial charge in [-0.25, -0.2) is 4.79 Å². The second-order valence-corrected chi connectivity index (χ2v) is 9.34. The molecule has 1 saturated heterocycles. The van der Waals surface area contributed by atoms with Gasteiger partial charge in [-0.15, -0.1) is 11.8 Å². The van der Waals surface area contributed by atoms with Crippen molar-refractivity contribution in [3.63, 3.8) is 0 Å². The van der Waals surface area contributed by atoms with Crippen LogP contribution in [-0.2, 0) is 25.6 Å². The number of thiazole rings is 1. The van der Waals surface area contributed by atoms with Gasteiger partial charge in [-0.3, -0.25) is 9.59 Å². The Hall–Kier alpha value is -2.17. The molecule has 0 atom stereocenters. The molecule has 1 aliphatic heterocycles. The maximum Gasteiger partial charge on any atom is 0.337 e. The topological polar surface area (TPSA) is 90.2 Å². The molecule has 1 fully saturated rings. The lowest BCUT2D eigenvalue weighted by molar-refractivity contribution is -0.129. The van der Waals surface area contributed by atoms with Gasteiger partial charge in [-0.05, 0) is 44.4 Å². The molecule has 2 aromatic rings. The molecule has 1 aromatic carbocycles. The maximum absolute atomic E-state index is 12.5. The number of ether oxygens (including phenoxy) is 2. The van der Waals surface area contributed by atoms with Crippen molar-refractivity contribution >= 4 is 51.1 Å². The van der Waals surface area contributed by atoms with Crippen LogP contribution in [0.4, 0.5) is 0 Å². The number of hydrogen-bond acceptors (Lipinski definition) is 7. The molecule has 0 bridgehead atoms. The monoisotopic (exact) mass is 479 g/mol. The highest BCUT2D eigenvalue weighted by Crippen LogP contribution is 2.20. The van der Waals surface area contributed by atoms with Crippen molar-refractivity contribution in [1.82, 2.24) is 9.47 Å². The van der Waals surface area contributed by atoms with E-state index in [4.69, 9.17) is 9.47 Å². The molecule has 2 heterocycles. The summed E-state index contributed by atoms with van der Waals surface area (Å²) in [6, 6.07) is 5.28. The summed E-state index contributed by atoms with van der Waals surface area (Å²) in [5, 5.41) is 0. The van der Waals surface area contributed by atoms with Gasteiger partial charge in [0, 0.05) is 26.2 Å². The van der Waals surface area contributed by atoms with E-state index in [9.17, 15) is 14.4 Å². The highest BCUT2D eigenvalue weighted by atomic mass is 32.2. The Morgan fingerprint density at radius 1 is 1.16 bits per heavy atom. The average Bonchev–Trinajstić information content (AvgIpc) is 3.15. The minimum absolute atomic E-state index is 0.0893. The van der Waals surface area contributed by atoms with Crippen LogP contribution in [0.1, 0.15) is 36.5 Å². The van der Waals surface area contributed by atoms with E-state index in [1.807, 2.05) is 22.5 Å². The number of carbonyl (C=O) groups is 3. The van der Waals surface area contributed by atoms with Gasteiger partial charge in [0.25, 0.3) is 5.91 Å². The summed E-state index contributed by atoms with van der Waals surface area (Å²) in [6.45, 7) is 5.18. The predicted molar refractivity (Wildman–Crippen MR) is 126 cm³/mol. The van der Waals surface area contributed by atoms with Crippen molar-refractivity contribution in [1.29, 1.82) is 0 Å². The van der Waals surface area contributed by atoms with Gasteiger partial charge in [-0.1, -0.05) is 11.3 Å². The van der Waals surface area contributed by atoms with Crippen LogP contribution in [0.2, 0.25) is 0 Å². The molecular weight excluding hydrogens is 450 g/mol. The molecule has 0 saturated carbocycles. The highest BCUT2D eigenvalue weighted by molar-refractivity contribution is 8.00. The Balaban J connectivity index is 1.73. The fourth-order valence-corrected chi connectivity index (χ4v) is 5.33. The largest absolute Gasteiger partial charge is 0.465 e. The Bertz CT molecular complexity index is 1020. The first kappa shape index (κ1) is 24.5. The average molecular weight is 480 g/mol. The third-order valence-electron chi connectivity index (χ3n) is 5.15. The first-order chi connectivity index (χ1) is 15.5. The first-order valence-corrected chi connectivity index (χ1v) is 12.7. The van der Waals surface area contributed by atoms with Crippen LogP contribution in [-0.4, -0.2) is 72.2 Å². The predicted octanol–water partition coefficient (Wildman–Crippen LogP) is 2.70. The molecule has 0 radical (unpaired) electrons. The van der Waals surface area contributed by atoms with Crippen molar-refractivity contribution in [3.8, 4) is 0 Å². The molecule has 0 N–H and O–H groups in total. The fourth-order valence-electron chi connectivity index (χ4n) is 3.52. The Labute approximate surface area is 195 Å². The Morgan fingerprint density at radius 3 is 2.66 bits per heavy atom. The summed E-state index contributed by atoms with van der Waals surface area (Å²) < 4.78 is 13.0. The van der Waals surface area contributed by atoms with Gasteiger partial charge >= 0.3 is 5.97 Å². The molecule has 1 aromatic heterocycles. The number of aromatic nitrogens is 1. The zero-order valence-electron chi connectivity index (χ0n) is 18.5. The lowest BCUT2D eigenvalue weighted by atomic mass is 10.1. The summed E-state index contributed by atoms with van der Waals surface area (Å²) in [6.07, 6.45) is 3.28. The number of thioether (sulfide) groups is 1. The molecule has 10 heteroatoms. The number of carbonyl (C=O) groups excluding carboxylic acids is 3. The van der Waals surface area contributed by atoms with E-state index in [1.54, 1.807) is 12.1 Å². The van der Waals surface area contributed by atoms with E-state index in [1.165, 1.54) is 36.6 Å². The standard InChI is InChI=1S/C22H29N3O5S2/c1-3-30-12-11-25-17-8-7-16(21(28)29-2)13-18(17)32-22(25)23-19(26)14-31-15-20(27)24-9-5-4-6-10-24/h7-8,13H,3-6,9-12,14-15H2,1-2H3. The number of hydrogen-bond donors (Lipinski definition) is 0. The summed E-state index contributed by atoms with van der Waals surface area (Å²) in [5.74, 6) is -0.170. The number of rotatable bonds is 9. The number of nitrogens with zero attached hydrogens (tertiary/aromatic N) is 3. The van der Waals surface area contributed by atoms with Crippen LogP contribution in [0.5, 0.6) is 0 Å². The van der Waals surface area contributed by atoms with E-state index in [2.05, 4.69) is 4.99 Å². The van der Waals surface area contributed by atoms with E-state index in [-0.39, 0.29) is 17.6 Å². The Kier molecular flexibility index (Phi) is 9.31. The van der Waals surface area contributed by atoms with Gasteiger partial charge < -0.3 is 18.9 Å². The third-order valence-corrected chi connectivity index (χ3v) is 7.09. The zero-order chi connectivity index (χ0) is 22.9. The molecule has 1 aliphatic rings. The molecule has 174 valence electrons. The third kappa shape index (κ3) is 6.43. The molecule has 3 rings (SSSR count). The number of likely N-dealkylation sites (tertiary alicyclic amines) is 1. The first-order valence-electron chi connectivity index (χ1n) is 10.8. The summed E-state index contributed by atoms with van der Waals surface area (Å²) >= 11 is 2.64. The van der Waals surface area contributed by atoms with E-state index < -0.39 is 5.97 Å². The van der Waals surface area contributed by atoms with Crippen molar-refractivity contribution < 1.29 is 23.9 Å². The summed E-state index contributed by atoms with van der Waals surface area (Å²) in [4.78, 5) is 43.4. The molecule has 2 amide bonds. The molecule has 0 unspecified atom stereocenters. The van der Waals surface area contributed by atoms with Crippen LogP contribution in [0, 0.1) is 0 Å². The van der Waals surface area contributed by atoms with Gasteiger partial charge in [0.05, 0.1) is 41.0 Å². The highest BCUT2D eigenvalue weighted by Gasteiger charge is 2.17. The number of methoxy groups -OCH3 is 1. The van der Waals surface area contributed by atoms with Crippen LogP contribution in [0.3, 0.4) is 0 Å². The maximum atomic E-state index is 12.5. The van der Waals surface area contributed by atoms with Crippen LogP contribution >= 0.6 is 23.1 Å². The summed E-state index contributed by atoms with van der Waals surface area (Å²) in [5.41, 5.74) is 1.32. The van der Waals surface area contributed by atoms with E-state index >= 15 is 0 Å². The minimum Gasteiger partial charge on any atom is -0.465 e. The van der Waals surface area contributed by atoms with Crippen LogP contribution in [0.25, 0.3) is 10.2 Å². The molecular formula is C22H29N3O5S2. The zero-order valence-corrected chi connectivity index (χ0v) is 20.1. The number of esters is 1. The quantitative estimate of drug-likeness (QED) is 0.406. The van der Waals surface area contributed by atoms with Gasteiger partial charge in [-0.2, -0.15) is 4.99 Å². The molecule has 0 aliphatic carbocycles. The summed E-state index contributed by atoms with van der Waals surface area (Å²) in [7, 11) is 1.34. The molecule has 0 spiro atoms. The van der Waals surface area contributed by atoms with Gasteiger partial charge in [0.1, 0.15) is 0 Å². The molecule has 8 nitrogen and oxygen atoms in total. The lowest BCUT2D eigenvalue weighted by Crippen LogP contribution is -2.36. The number of benzene rings is 1. The van der Waals surface area contributed by atoms with Crippen LogP contribution < -0.4 is 4.80 Å². The van der Waals surface area contributed by atoms with Crippen molar-refractivity contribution in [2.45, 2.75) is 32.7 Å². The number of piperidine rings is 1. The number of fused-ring (bicyclic) bond motifs is 1. The number of amides is 2. The van der Waals surface area contributed by atoms with Gasteiger partial charge in [0.2, 0.25) is 5.91 Å². The van der Waals surface area contributed by atoms with Gasteiger partial charge in [0.15, 0.2) is 4.80 Å². The van der Waals surface area contributed by atoms with Crippen molar-refractivity contribution in [2.24, 2.45) is 4.99 Å². The minimum atomic E-state index is -0.412. The fraction of sp³-hybridized carbons (Fsp3) is 0.545. The van der Waals surface area contributed by atoms with Crippen LogP contribution in [0.15, 0.2) is 23.2 Å². The smallest absolute Gasteiger partial charge is 0.337 e. The van der Waals surface area contributed by atoms with E-state index in [0.717, 1.165) is 36.1 Å². The van der Waals surface area contributed by atoms with Crippen molar-refractivity contribution in [2.75, 3.05) is 44.9 Å². The SMILES string of the molecule is CCOCCn1c(=NC(=O)CSCC(=O)N2CCCCC2)sc2cc(C(=O)OC)ccc21. The second kappa shape index (κ2) is 12.2.